The van der Waals surface area contributed by atoms with E-state index in [1.165, 1.54) is 25.1 Å². The van der Waals surface area contributed by atoms with Crippen LogP contribution in [0.3, 0.4) is 0 Å². The Morgan fingerprint density at radius 2 is 2.20 bits per heavy atom. The van der Waals surface area contributed by atoms with Crippen molar-refractivity contribution in [2.75, 3.05) is 6.61 Å². The van der Waals surface area contributed by atoms with Crippen molar-refractivity contribution in [3.63, 3.8) is 0 Å². The number of carbonyl (C=O) groups excluding carboxylic acids is 2. The lowest BCUT2D eigenvalue weighted by atomic mass is 10.2. The molecule has 0 radical (unpaired) electrons. The van der Waals surface area contributed by atoms with Crippen molar-refractivity contribution in [1.82, 2.24) is 0 Å². The maximum Gasteiger partial charge on any atom is 0.330 e. The van der Waals surface area contributed by atoms with Gasteiger partial charge in [0.1, 0.15) is 30.3 Å². The topological polar surface area (TPSA) is 93.1 Å². The molecule has 0 saturated carbocycles. The maximum atomic E-state index is 11.0. The standard InChI is InChI=1S/C14H16O6/c1-3-14(18)20-9(2)13(17)8-19-11-5-4-10(7-15)12(16)6-11/h3-7,9,13,16-17H,1,8H2,2H3. The minimum absolute atomic E-state index is 0.133. The number of aldehydes is 1. The number of ether oxygens (including phenoxy) is 2. The average Bonchev–Trinajstić information content (AvgIpc) is 2.44. The number of rotatable bonds is 7. The molecule has 0 bridgehead atoms. The molecule has 0 aliphatic rings. The Balaban J connectivity index is 2.54. The molecule has 0 aliphatic carbocycles. The highest BCUT2D eigenvalue weighted by molar-refractivity contribution is 5.81. The molecule has 20 heavy (non-hydrogen) atoms. The lowest BCUT2D eigenvalue weighted by Crippen LogP contribution is -2.33. The van der Waals surface area contributed by atoms with Crippen LogP contribution in [0.25, 0.3) is 0 Å². The van der Waals surface area contributed by atoms with Crippen LogP contribution in [0.2, 0.25) is 0 Å². The number of aliphatic hydroxyl groups is 1. The van der Waals surface area contributed by atoms with E-state index in [1.807, 2.05) is 0 Å². The Hall–Kier alpha value is -2.34. The van der Waals surface area contributed by atoms with Crippen molar-refractivity contribution < 1.29 is 29.3 Å². The zero-order valence-electron chi connectivity index (χ0n) is 11.0. The van der Waals surface area contributed by atoms with Crippen molar-refractivity contribution in [2.24, 2.45) is 0 Å². The Labute approximate surface area is 116 Å². The van der Waals surface area contributed by atoms with Crippen molar-refractivity contribution in [2.45, 2.75) is 19.1 Å². The van der Waals surface area contributed by atoms with E-state index in [0.29, 0.717) is 6.29 Å². The molecule has 0 saturated heterocycles. The second-order valence-electron chi connectivity index (χ2n) is 4.06. The Morgan fingerprint density at radius 3 is 2.75 bits per heavy atom. The van der Waals surface area contributed by atoms with Gasteiger partial charge in [-0.1, -0.05) is 6.58 Å². The number of phenolic OH excluding ortho intramolecular Hbond substituents is 1. The fourth-order valence-electron chi connectivity index (χ4n) is 1.34. The van der Waals surface area contributed by atoms with E-state index in [4.69, 9.17) is 9.47 Å². The molecule has 1 aromatic rings. The van der Waals surface area contributed by atoms with Gasteiger partial charge in [-0.2, -0.15) is 0 Å². The number of carbonyl (C=O) groups is 2. The second kappa shape index (κ2) is 7.30. The van der Waals surface area contributed by atoms with Gasteiger partial charge in [-0.15, -0.1) is 0 Å². The quantitative estimate of drug-likeness (QED) is 0.441. The molecule has 0 aliphatic heterocycles. The van der Waals surface area contributed by atoms with Crippen LogP contribution in [0.5, 0.6) is 11.5 Å². The van der Waals surface area contributed by atoms with Crippen LogP contribution in [0.15, 0.2) is 30.9 Å². The number of hydrogen-bond donors (Lipinski definition) is 2. The molecule has 108 valence electrons. The number of phenols is 1. The van der Waals surface area contributed by atoms with Crippen LogP contribution in [0, 0.1) is 0 Å². The number of aromatic hydroxyl groups is 1. The van der Waals surface area contributed by atoms with Crippen LogP contribution in [0.1, 0.15) is 17.3 Å². The van der Waals surface area contributed by atoms with Crippen molar-refractivity contribution in [3.05, 3.63) is 36.4 Å². The highest BCUT2D eigenvalue weighted by atomic mass is 16.6. The van der Waals surface area contributed by atoms with Gasteiger partial charge in [0.2, 0.25) is 0 Å². The number of benzene rings is 1. The lowest BCUT2D eigenvalue weighted by Gasteiger charge is -2.19. The molecule has 2 atom stereocenters. The molecule has 1 rings (SSSR count). The van der Waals surface area contributed by atoms with E-state index in [9.17, 15) is 19.8 Å². The maximum absolute atomic E-state index is 11.0. The molecule has 1 aromatic carbocycles. The van der Waals surface area contributed by atoms with Gasteiger partial charge in [-0.25, -0.2) is 4.79 Å². The van der Waals surface area contributed by atoms with E-state index in [-0.39, 0.29) is 23.7 Å². The van der Waals surface area contributed by atoms with Gasteiger partial charge in [0, 0.05) is 12.1 Å². The largest absolute Gasteiger partial charge is 0.507 e. The van der Waals surface area contributed by atoms with Gasteiger partial charge in [0.05, 0.1) is 5.56 Å². The van der Waals surface area contributed by atoms with Crippen LogP contribution < -0.4 is 4.74 Å². The first-order valence-electron chi connectivity index (χ1n) is 5.90. The first-order valence-corrected chi connectivity index (χ1v) is 5.90. The third-order valence-corrected chi connectivity index (χ3v) is 2.56. The lowest BCUT2D eigenvalue weighted by molar-refractivity contribution is -0.148. The Bertz CT molecular complexity index is 496. The highest BCUT2D eigenvalue weighted by Gasteiger charge is 2.18. The SMILES string of the molecule is C=CC(=O)OC(C)C(O)COc1ccc(C=O)c(O)c1. The average molecular weight is 280 g/mol. The van der Waals surface area contributed by atoms with E-state index in [2.05, 4.69) is 6.58 Å². The van der Waals surface area contributed by atoms with Crippen molar-refractivity contribution in [1.29, 1.82) is 0 Å². The zero-order chi connectivity index (χ0) is 15.1. The smallest absolute Gasteiger partial charge is 0.330 e. The van der Waals surface area contributed by atoms with Gasteiger partial charge >= 0.3 is 5.97 Å². The third kappa shape index (κ3) is 4.40. The van der Waals surface area contributed by atoms with E-state index >= 15 is 0 Å². The summed E-state index contributed by atoms with van der Waals surface area (Å²) in [6, 6.07) is 4.14. The summed E-state index contributed by atoms with van der Waals surface area (Å²) in [5, 5.41) is 19.2. The van der Waals surface area contributed by atoms with Gasteiger partial charge in [0.15, 0.2) is 6.29 Å². The van der Waals surface area contributed by atoms with Crippen LogP contribution in [-0.4, -0.2) is 41.3 Å². The molecule has 0 amide bonds. The summed E-state index contributed by atoms with van der Waals surface area (Å²) in [6.45, 7) is 4.63. The molecule has 0 heterocycles. The predicted molar refractivity (Wildman–Crippen MR) is 70.7 cm³/mol. The molecular weight excluding hydrogens is 264 g/mol. The zero-order valence-corrected chi connectivity index (χ0v) is 11.0. The van der Waals surface area contributed by atoms with E-state index < -0.39 is 18.2 Å². The molecule has 6 heteroatoms. The van der Waals surface area contributed by atoms with Gasteiger partial charge < -0.3 is 19.7 Å². The first kappa shape index (κ1) is 15.7. The summed E-state index contributed by atoms with van der Waals surface area (Å²) < 4.78 is 10.1. The van der Waals surface area contributed by atoms with Crippen molar-refractivity contribution in [3.8, 4) is 11.5 Å². The predicted octanol–water partition coefficient (Wildman–Crippen LogP) is 1.06. The van der Waals surface area contributed by atoms with Gasteiger partial charge in [-0.3, -0.25) is 4.79 Å². The molecular formula is C14H16O6. The minimum atomic E-state index is -1.04. The third-order valence-electron chi connectivity index (χ3n) is 2.56. The molecule has 2 N–H and O–H groups in total. The summed E-state index contributed by atoms with van der Waals surface area (Å²) in [5.74, 6) is -0.558. The van der Waals surface area contributed by atoms with Crippen molar-refractivity contribution >= 4 is 12.3 Å². The molecule has 0 fully saturated rings. The van der Waals surface area contributed by atoms with Crippen LogP contribution >= 0.6 is 0 Å². The number of aliphatic hydroxyl groups excluding tert-OH is 1. The fourth-order valence-corrected chi connectivity index (χ4v) is 1.34. The van der Waals surface area contributed by atoms with Gasteiger partial charge in [0.25, 0.3) is 0 Å². The monoisotopic (exact) mass is 280 g/mol. The minimum Gasteiger partial charge on any atom is -0.507 e. The number of hydrogen-bond acceptors (Lipinski definition) is 6. The summed E-state index contributed by atoms with van der Waals surface area (Å²) >= 11 is 0. The van der Waals surface area contributed by atoms with E-state index in [1.54, 1.807) is 0 Å². The first-order chi connectivity index (χ1) is 9.47. The summed E-state index contributed by atoms with van der Waals surface area (Å²) in [5.41, 5.74) is 0.145. The molecule has 0 spiro atoms. The van der Waals surface area contributed by atoms with Crippen LogP contribution in [-0.2, 0) is 9.53 Å². The van der Waals surface area contributed by atoms with E-state index in [0.717, 1.165) is 6.08 Å². The second-order valence-corrected chi connectivity index (χ2v) is 4.06. The molecule has 0 aromatic heterocycles. The normalized spacial score (nSPS) is 13.1. The Kier molecular flexibility index (Phi) is 5.74. The Morgan fingerprint density at radius 1 is 1.50 bits per heavy atom. The summed E-state index contributed by atoms with van der Waals surface area (Å²) in [4.78, 5) is 21.5. The number of esters is 1. The van der Waals surface area contributed by atoms with Crippen LogP contribution in [0.4, 0.5) is 0 Å². The fraction of sp³-hybridized carbons (Fsp3) is 0.286. The molecule has 6 nitrogen and oxygen atoms in total. The highest BCUT2D eigenvalue weighted by Crippen LogP contribution is 2.22. The summed E-state index contributed by atoms with van der Waals surface area (Å²) in [7, 11) is 0. The molecule has 2 unspecified atom stereocenters. The summed E-state index contributed by atoms with van der Waals surface area (Å²) in [6.07, 6.45) is -0.277. The van der Waals surface area contributed by atoms with Gasteiger partial charge in [-0.05, 0) is 19.1 Å².